The van der Waals surface area contributed by atoms with E-state index >= 15 is 0 Å². The second-order valence-electron chi connectivity index (χ2n) is 3.79. The van der Waals surface area contributed by atoms with E-state index in [1.807, 2.05) is 13.0 Å². The fourth-order valence-corrected chi connectivity index (χ4v) is 1.76. The van der Waals surface area contributed by atoms with Gasteiger partial charge in [-0.3, -0.25) is 0 Å². The van der Waals surface area contributed by atoms with Crippen molar-refractivity contribution in [3.05, 3.63) is 11.8 Å². The molecule has 0 saturated carbocycles. The summed E-state index contributed by atoms with van der Waals surface area (Å²) in [6.07, 6.45) is 2.37. The van der Waals surface area contributed by atoms with Crippen molar-refractivity contribution >= 4 is 5.95 Å². The monoisotopic (exact) mass is 218 g/mol. The van der Waals surface area contributed by atoms with Crippen LogP contribution in [-0.2, 0) is 0 Å². The third kappa shape index (κ3) is 2.40. The highest BCUT2D eigenvalue weighted by Gasteiger charge is 2.16. The normalized spacial score (nSPS) is 14.9. The minimum absolute atomic E-state index is 0.0237. The van der Waals surface area contributed by atoms with Gasteiger partial charge in [-0.25, -0.2) is 4.98 Å². The zero-order valence-electron chi connectivity index (χ0n) is 9.31. The van der Waals surface area contributed by atoms with Gasteiger partial charge in [0.15, 0.2) is 6.61 Å². The summed E-state index contributed by atoms with van der Waals surface area (Å²) in [6, 6.07) is 3.68. The Labute approximate surface area is 94.7 Å². The van der Waals surface area contributed by atoms with Crippen LogP contribution in [0.25, 0.3) is 0 Å². The van der Waals surface area contributed by atoms with Crippen LogP contribution in [0.4, 0.5) is 5.95 Å². The molecule has 0 atom stereocenters. The first kappa shape index (κ1) is 10.7. The van der Waals surface area contributed by atoms with Crippen molar-refractivity contribution in [2.75, 3.05) is 24.6 Å². The molecule has 1 aromatic heterocycles. The van der Waals surface area contributed by atoms with Gasteiger partial charge >= 0.3 is 0 Å². The summed E-state index contributed by atoms with van der Waals surface area (Å²) in [4.78, 5) is 10.8. The fourth-order valence-electron chi connectivity index (χ4n) is 1.76. The molecule has 16 heavy (non-hydrogen) atoms. The lowest BCUT2D eigenvalue weighted by atomic mass is 10.4. The summed E-state index contributed by atoms with van der Waals surface area (Å²) in [5.74, 6) is 1.20. The van der Waals surface area contributed by atoms with Gasteiger partial charge < -0.3 is 9.64 Å². The van der Waals surface area contributed by atoms with E-state index in [2.05, 4.69) is 14.9 Å². The summed E-state index contributed by atoms with van der Waals surface area (Å²) in [5, 5.41) is 8.45. The molecule has 1 aliphatic heterocycles. The van der Waals surface area contributed by atoms with Gasteiger partial charge in [0.2, 0.25) is 11.8 Å². The van der Waals surface area contributed by atoms with Gasteiger partial charge in [0.25, 0.3) is 0 Å². The van der Waals surface area contributed by atoms with Crippen LogP contribution in [0.5, 0.6) is 5.88 Å². The number of aromatic nitrogens is 2. The van der Waals surface area contributed by atoms with E-state index in [0.717, 1.165) is 18.8 Å². The van der Waals surface area contributed by atoms with E-state index in [9.17, 15) is 0 Å². The summed E-state index contributed by atoms with van der Waals surface area (Å²) in [7, 11) is 0. The Hall–Kier alpha value is -1.83. The lowest BCUT2D eigenvalue weighted by molar-refractivity contribution is 0.352. The van der Waals surface area contributed by atoms with Crippen molar-refractivity contribution in [2.24, 2.45) is 0 Å². The highest BCUT2D eigenvalue weighted by atomic mass is 16.5. The Morgan fingerprint density at radius 2 is 2.19 bits per heavy atom. The first-order chi connectivity index (χ1) is 7.79. The highest BCUT2D eigenvalue weighted by Crippen LogP contribution is 2.19. The third-order valence-corrected chi connectivity index (χ3v) is 2.49. The van der Waals surface area contributed by atoms with Gasteiger partial charge in [0, 0.05) is 24.8 Å². The number of nitrogens with zero attached hydrogens (tertiary/aromatic N) is 4. The molecular formula is C11H14N4O. The molecule has 5 heteroatoms. The average Bonchev–Trinajstić information content (AvgIpc) is 2.79. The molecule has 0 amide bonds. The summed E-state index contributed by atoms with van der Waals surface area (Å²) in [6.45, 7) is 3.93. The predicted octanol–water partition coefficient (Wildman–Crippen LogP) is 1.29. The minimum Gasteiger partial charge on any atom is -0.462 e. The smallest absolute Gasteiger partial charge is 0.228 e. The van der Waals surface area contributed by atoms with E-state index in [-0.39, 0.29) is 6.61 Å². The quantitative estimate of drug-likeness (QED) is 0.765. The number of nitriles is 1. The van der Waals surface area contributed by atoms with Crippen molar-refractivity contribution in [1.82, 2.24) is 9.97 Å². The summed E-state index contributed by atoms with van der Waals surface area (Å²) in [5.41, 5.74) is 0.866. The SMILES string of the molecule is Cc1cc(OCC#N)nc(N2CCCC2)n1. The molecule has 0 aliphatic carbocycles. The molecule has 1 fully saturated rings. The third-order valence-electron chi connectivity index (χ3n) is 2.49. The first-order valence-corrected chi connectivity index (χ1v) is 5.40. The second-order valence-corrected chi connectivity index (χ2v) is 3.79. The molecule has 0 radical (unpaired) electrons. The van der Waals surface area contributed by atoms with Crippen molar-refractivity contribution in [1.29, 1.82) is 5.26 Å². The topological polar surface area (TPSA) is 62.0 Å². The molecule has 2 rings (SSSR count). The molecule has 2 heterocycles. The van der Waals surface area contributed by atoms with Crippen LogP contribution >= 0.6 is 0 Å². The maximum absolute atomic E-state index is 8.45. The van der Waals surface area contributed by atoms with E-state index in [1.54, 1.807) is 6.07 Å². The number of rotatable bonds is 3. The van der Waals surface area contributed by atoms with Gasteiger partial charge in [0.1, 0.15) is 6.07 Å². The van der Waals surface area contributed by atoms with Gasteiger partial charge in [-0.1, -0.05) is 0 Å². The van der Waals surface area contributed by atoms with Crippen LogP contribution in [0, 0.1) is 18.3 Å². The highest BCUT2D eigenvalue weighted by molar-refractivity contribution is 5.35. The minimum atomic E-state index is 0.0237. The number of anilines is 1. The van der Waals surface area contributed by atoms with Crippen molar-refractivity contribution in [3.63, 3.8) is 0 Å². The molecular weight excluding hydrogens is 204 g/mol. The standard InChI is InChI=1S/C11H14N4O/c1-9-8-10(16-7-4-12)14-11(13-9)15-5-2-3-6-15/h8H,2-3,5-7H2,1H3. The van der Waals surface area contributed by atoms with Gasteiger partial charge in [-0.2, -0.15) is 10.2 Å². The number of aryl methyl sites for hydroxylation is 1. The number of ether oxygens (including phenoxy) is 1. The lowest BCUT2D eigenvalue weighted by Crippen LogP contribution is -2.21. The largest absolute Gasteiger partial charge is 0.462 e. The van der Waals surface area contributed by atoms with Crippen LogP contribution in [0.2, 0.25) is 0 Å². The predicted molar refractivity (Wildman–Crippen MR) is 59.3 cm³/mol. The van der Waals surface area contributed by atoms with Crippen molar-refractivity contribution in [3.8, 4) is 11.9 Å². The van der Waals surface area contributed by atoms with Crippen LogP contribution in [0.15, 0.2) is 6.07 Å². The molecule has 1 aromatic rings. The number of hydrogen-bond acceptors (Lipinski definition) is 5. The zero-order chi connectivity index (χ0) is 11.4. The fraction of sp³-hybridized carbons (Fsp3) is 0.545. The molecule has 84 valence electrons. The van der Waals surface area contributed by atoms with Crippen molar-refractivity contribution < 1.29 is 4.74 Å². The molecule has 0 aromatic carbocycles. The van der Waals surface area contributed by atoms with Gasteiger partial charge in [-0.05, 0) is 19.8 Å². The first-order valence-electron chi connectivity index (χ1n) is 5.40. The molecule has 0 spiro atoms. The maximum atomic E-state index is 8.45. The molecule has 0 bridgehead atoms. The van der Waals surface area contributed by atoms with Gasteiger partial charge in [-0.15, -0.1) is 0 Å². The zero-order valence-corrected chi connectivity index (χ0v) is 9.31. The number of hydrogen-bond donors (Lipinski definition) is 0. The van der Waals surface area contributed by atoms with Crippen molar-refractivity contribution in [2.45, 2.75) is 19.8 Å². The van der Waals surface area contributed by atoms with Crippen LogP contribution in [0.3, 0.4) is 0 Å². The van der Waals surface area contributed by atoms with Crippen LogP contribution in [0.1, 0.15) is 18.5 Å². The Bertz CT molecular complexity index is 407. The molecule has 1 aliphatic rings. The molecule has 1 saturated heterocycles. The van der Waals surface area contributed by atoms with E-state index in [1.165, 1.54) is 12.8 Å². The van der Waals surface area contributed by atoms with Gasteiger partial charge in [0.05, 0.1) is 0 Å². The molecule has 5 nitrogen and oxygen atoms in total. The second kappa shape index (κ2) is 4.79. The van der Waals surface area contributed by atoms with E-state index < -0.39 is 0 Å². The average molecular weight is 218 g/mol. The van der Waals surface area contributed by atoms with E-state index in [0.29, 0.717) is 11.8 Å². The lowest BCUT2D eigenvalue weighted by Gasteiger charge is -2.16. The maximum Gasteiger partial charge on any atom is 0.228 e. The summed E-state index contributed by atoms with van der Waals surface area (Å²) < 4.78 is 5.20. The van der Waals surface area contributed by atoms with Crippen LogP contribution < -0.4 is 9.64 Å². The summed E-state index contributed by atoms with van der Waals surface area (Å²) >= 11 is 0. The molecule has 0 unspecified atom stereocenters. The Morgan fingerprint density at radius 1 is 1.44 bits per heavy atom. The molecule has 0 N–H and O–H groups in total. The Morgan fingerprint density at radius 3 is 2.88 bits per heavy atom. The Kier molecular flexibility index (Phi) is 3.20. The van der Waals surface area contributed by atoms with E-state index in [4.69, 9.17) is 10.00 Å². The van der Waals surface area contributed by atoms with Crippen LogP contribution in [-0.4, -0.2) is 29.7 Å². The Balaban J connectivity index is 2.18.